The van der Waals surface area contributed by atoms with Crippen LogP contribution in [0.5, 0.6) is 0 Å². The van der Waals surface area contributed by atoms with E-state index >= 15 is 0 Å². The Morgan fingerprint density at radius 1 is 1.15 bits per heavy atom. The number of carboxylic acid groups (broad SMARTS) is 2. The summed E-state index contributed by atoms with van der Waals surface area (Å²) in [6.07, 6.45) is 3.78. The van der Waals surface area contributed by atoms with E-state index < -0.39 is 5.97 Å². The summed E-state index contributed by atoms with van der Waals surface area (Å²) in [6, 6.07) is 9.74. The van der Waals surface area contributed by atoms with Crippen molar-refractivity contribution < 1.29 is 24.6 Å². The zero-order valence-electron chi connectivity index (χ0n) is 18.3. The first kappa shape index (κ1) is 22.7. The second-order valence-corrected chi connectivity index (χ2v) is 9.01. The largest absolute Gasteiger partial charge is 0.483 e. The summed E-state index contributed by atoms with van der Waals surface area (Å²) in [7, 11) is 0. The Morgan fingerprint density at radius 3 is 2.52 bits per heavy atom. The zero-order chi connectivity index (χ0) is 23.4. The fourth-order valence-electron chi connectivity index (χ4n) is 5.24. The number of anilines is 1. The van der Waals surface area contributed by atoms with Gasteiger partial charge in [0.2, 0.25) is 11.9 Å². The molecular weight excluding hydrogens is 428 g/mol. The van der Waals surface area contributed by atoms with Crippen LogP contribution in [0.2, 0.25) is 0 Å². The molecule has 176 valence electrons. The van der Waals surface area contributed by atoms with Crippen molar-refractivity contribution in [2.24, 2.45) is 17.3 Å². The quantitative estimate of drug-likeness (QED) is 0.615. The number of rotatable bonds is 6. The summed E-state index contributed by atoms with van der Waals surface area (Å²) in [5.41, 5.74) is 0.654. The number of aromatic nitrogens is 4. The van der Waals surface area contributed by atoms with Gasteiger partial charge >= 0.3 is 5.97 Å². The molecule has 2 N–H and O–H groups in total. The fourth-order valence-corrected chi connectivity index (χ4v) is 5.24. The van der Waals surface area contributed by atoms with Gasteiger partial charge in [-0.3, -0.25) is 14.4 Å². The Bertz CT molecular complexity index is 994. The monoisotopic (exact) mass is 456 g/mol. The van der Waals surface area contributed by atoms with Crippen molar-refractivity contribution >= 4 is 24.3 Å². The van der Waals surface area contributed by atoms with Crippen molar-refractivity contribution in [1.82, 2.24) is 25.1 Å². The standard InChI is InChI=1S/C21H26N6O3.CH2O2/c28-18(29)9-10-21-13-25(19(30)15-5-4-6-15)11-16(21)12-26(14-21)20-22-23-24-27(20)17-7-2-1-3-8-17;2-1-3/h1-3,7-8,15-16H,4-6,9-14H2,(H,28,29);1H,(H,2,3)/t16-,21+;/m1./s1. The van der Waals surface area contributed by atoms with Crippen molar-refractivity contribution in [3.05, 3.63) is 30.3 Å². The minimum absolute atomic E-state index is 0.111. The van der Waals surface area contributed by atoms with Crippen LogP contribution in [0.25, 0.3) is 5.69 Å². The molecule has 3 fully saturated rings. The van der Waals surface area contributed by atoms with Crippen molar-refractivity contribution in [2.45, 2.75) is 32.1 Å². The molecular formula is C22H28N6O5. The van der Waals surface area contributed by atoms with Crippen LogP contribution in [0.1, 0.15) is 32.1 Å². The first-order valence-electron chi connectivity index (χ1n) is 11.1. The number of nitrogens with zero attached hydrogens (tertiary/aromatic N) is 6. The first-order chi connectivity index (χ1) is 16.0. The number of tetrazole rings is 1. The highest BCUT2D eigenvalue weighted by Crippen LogP contribution is 2.47. The number of carbonyl (C=O) groups excluding carboxylic acids is 1. The lowest BCUT2D eigenvalue weighted by Crippen LogP contribution is -2.41. The molecule has 1 aromatic carbocycles. The molecule has 0 unspecified atom stereocenters. The number of hydrogen-bond donors (Lipinski definition) is 2. The Kier molecular flexibility index (Phi) is 6.57. The van der Waals surface area contributed by atoms with Crippen LogP contribution in [0.15, 0.2) is 30.3 Å². The van der Waals surface area contributed by atoms with E-state index in [-0.39, 0.29) is 36.1 Å². The molecule has 0 radical (unpaired) electrons. The van der Waals surface area contributed by atoms with E-state index in [1.807, 2.05) is 35.2 Å². The summed E-state index contributed by atoms with van der Waals surface area (Å²) in [6.45, 7) is 2.45. The lowest BCUT2D eigenvalue weighted by molar-refractivity contribution is -0.137. The van der Waals surface area contributed by atoms with Crippen molar-refractivity contribution in [1.29, 1.82) is 0 Å². The van der Waals surface area contributed by atoms with E-state index in [2.05, 4.69) is 20.4 Å². The van der Waals surface area contributed by atoms with Crippen LogP contribution in [-0.4, -0.2) is 79.8 Å². The first-order valence-corrected chi connectivity index (χ1v) is 11.1. The second kappa shape index (κ2) is 9.55. The Labute approximate surface area is 191 Å². The van der Waals surface area contributed by atoms with E-state index in [1.165, 1.54) is 0 Å². The molecule has 0 bridgehead atoms. The zero-order valence-corrected chi connectivity index (χ0v) is 18.3. The minimum atomic E-state index is -0.792. The molecule has 1 saturated carbocycles. The lowest BCUT2D eigenvalue weighted by atomic mass is 9.77. The number of carboxylic acids is 1. The number of amides is 1. The Morgan fingerprint density at radius 2 is 1.88 bits per heavy atom. The number of aliphatic carboxylic acids is 1. The third-order valence-corrected chi connectivity index (χ3v) is 7.10. The Hall–Kier alpha value is -3.50. The fraction of sp³-hybridized carbons (Fsp3) is 0.545. The molecule has 3 heterocycles. The second-order valence-electron chi connectivity index (χ2n) is 9.01. The average molecular weight is 457 g/mol. The number of carbonyl (C=O) groups is 3. The van der Waals surface area contributed by atoms with E-state index in [0.717, 1.165) is 31.5 Å². The number of fused-ring (bicyclic) bond motifs is 1. The van der Waals surface area contributed by atoms with Crippen LogP contribution in [-0.2, 0) is 14.4 Å². The molecule has 5 rings (SSSR count). The SMILES string of the molecule is O=C(O)CC[C@@]12CN(C(=O)C3CCC3)C[C@@H]1CN(c1nnnn1-c1ccccc1)C2.O=CO. The maximum atomic E-state index is 12.8. The molecule has 1 amide bonds. The third kappa shape index (κ3) is 4.53. The molecule has 2 aromatic rings. The highest BCUT2D eigenvalue weighted by molar-refractivity contribution is 5.80. The van der Waals surface area contributed by atoms with Crippen LogP contribution in [0.4, 0.5) is 5.95 Å². The third-order valence-electron chi connectivity index (χ3n) is 7.10. The molecule has 0 spiro atoms. The van der Waals surface area contributed by atoms with Crippen LogP contribution in [0, 0.1) is 17.3 Å². The Balaban J connectivity index is 0.000000821. The molecule has 33 heavy (non-hydrogen) atoms. The van der Waals surface area contributed by atoms with Gasteiger partial charge < -0.3 is 20.0 Å². The van der Waals surface area contributed by atoms with Gasteiger partial charge in [-0.25, -0.2) is 0 Å². The summed E-state index contributed by atoms with van der Waals surface area (Å²) >= 11 is 0. The van der Waals surface area contributed by atoms with Gasteiger partial charge in [-0.1, -0.05) is 29.7 Å². The smallest absolute Gasteiger partial charge is 0.303 e. The van der Waals surface area contributed by atoms with Gasteiger partial charge in [0.15, 0.2) is 0 Å². The highest BCUT2D eigenvalue weighted by Gasteiger charge is 2.54. The van der Waals surface area contributed by atoms with Gasteiger partial charge in [-0.15, -0.1) is 0 Å². The van der Waals surface area contributed by atoms with Crippen molar-refractivity contribution in [3.63, 3.8) is 0 Å². The number of para-hydroxylation sites is 1. The summed E-state index contributed by atoms with van der Waals surface area (Å²) < 4.78 is 1.73. The van der Waals surface area contributed by atoms with Gasteiger partial charge in [0, 0.05) is 49.9 Å². The summed E-state index contributed by atoms with van der Waals surface area (Å²) in [5, 5.41) is 28.5. The van der Waals surface area contributed by atoms with Crippen molar-refractivity contribution in [3.8, 4) is 5.69 Å². The molecule has 2 saturated heterocycles. The van der Waals surface area contributed by atoms with Crippen molar-refractivity contribution in [2.75, 3.05) is 31.1 Å². The molecule has 3 aliphatic rings. The van der Waals surface area contributed by atoms with Crippen LogP contribution >= 0.6 is 0 Å². The molecule has 1 aromatic heterocycles. The normalized spacial score (nSPS) is 23.9. The molecule has 2 atom stereocenters. The van der Waals surface area contributed by atoms with Gasteiger partial charge in [-0.05, 0) is 41.8 Å². The predicted octanol–water partition coefficient (Wildman–Crippen LogP) is 1.29. The minimum Gasteiger partial charge on any atom is -0.483 e. The summed E-state index contributed by atoms with van der Waals surface area (Å²) in [5.74, 6) is 0.524. The van der Waals surface area contributed by atoms with Crippen LogP contribution in [0.3, 0.4) is 0 Å². The number of benzene rings is 1. The van der Waals surface area contributed by atoms with E-state index in [0.29, 0.717) is 32.0 Å². The maximum Gasteiger partial charge on any atom is 0.303 e. The molecule has 11 heteroatoms. The molecule has 2 aliphatic heterocycles. The van der Waals surface area contributed by atoms with Gasteiger partial charge in [0.05, 0.1) is 5.69 Å². The van der Waals surface area contributed by atoms with Gasteiger partial charge in [0.25, 0.3) is 6.47 Å². The topological polar surface area (TPSA) is 142 Å². The lowest BCUT2D eigenvalue weighted by Gasteiger charge is -2.32. The average Bonchev–Trinajstić information content (AvgIpc) is 3.45. The maximum absolute atomic E-state index is 12.8. The van der Waals surface area contributed by atoms with E-state index in [1.54, 1.807) is 4.68 Å². The van der Waals surface area contributed by atoms with Crippen LogP contribution < -0.4 is 4.90 Å². The number of likely N-dealkylation sites (tertiary alicyclic amines) is 1. The number of hydrogen-bond acceptors (Lipinski definition) is 7. The molecule has 1 aliphatic carbocycles. The van der Waals surface area contributed by atoms with Gasteiger partial charge in [0.1, 0.15) is 0 Å². The predicted molar refractivity (Wildman–Crippen MR) is 117 cm³/mol. The van der Waals surface area contributed by atoms with Gasteiger partial charge in [-0.2, -0.15) is 4.68 Å². The van der Waals surface area contributed by atoms with E-state index in [9.17, 15) is 14.7 Å². The summed E-state index contributed by atoms with van der Waals surface area (Å²) in [4.78, 5) is 36.7. The molecule has 11 nitrogen and oxygen atoms in total. The highest BCUT2D eigenvalue weighted by atomic mass is 16.4. The van der Waals surface area contributed by atoms with E-state index in [4.69, 9.17) is 9.90 Å².